The van der Waals surface area contributed by atoms with Gasteiger partial charge in [-0.2, -0.15) is 0 Å². The fraction of sp³-hybridized carbons (Fsp3) is 1.00. The van der Waals surface area contributed by atoms with Crippen LogP contribution in [-0.2, 0) is 14.2 Å². The third-order valence-corrected chi connectivity index (χ3v) is 2.43. The van der Waals surface area contributed by atoms with Crippen LogP contribution < -0.4 is 5.32 Å². The summed E-state index contributed by atoms with van der Waals surface area (Å²) in [6.45, 7) is 12.8. The van der Waals surface area contributed by atoms with Crippen LogP contribution in [0.25, 0.3) is 0 Å². The predicted molar refractivity (Wildman–Crippen MR) is 75.1 cm³/mol. The lowest BCUT2D eigenvalue weighted by Crippen LogP contribution is -2.21. The Bertz CT molecular complexity index is 154. The van der Waals surface area contributed by atoms with E-state index in [1.807, 2.05) is 0 Å². The van der Waals surface area contributed by atoms with Crippen molar-refractivity contribution in [3.8, 4) is 0 Å². The summed E-state index contributed by atoms with van der Waals surface area (Å²) in [6.07, 6.45) is 2.29. The van der Waals surface area contributed by atoms with Gasteiger partial charge in [0.15, 0.2) is 0 Å². The van der Waals surface area contributed by atoms with Gasteiger partial charge < -0.3 is 19.5 Å². The highest BCUT2D eigenvalue weighted by molar-refractivity contribution is 4.44. The molecule has 0 rings (SSSR count). The Labute approximate surface area is 112 Å². The molecule has 0 aliphatic rings. The van der Waals surface area contributed by atoms with E-state index in [0.717, 1.165) is 32.7 Å². The molecule has 0 unspecified atom stereocenters. The van der Waals surface area contributed by atoms with Gasteiger partial charge in [0.2, 0.25) is 0 Å². The van der Waals surface area contributed by atoms with Crippen molar-refractivity contribution in [2.75, 3.05) is 52.7 Å². The number of ether oxygens (including phenoxy) is 3. The molecule has 18 heavy (non-hydrogen) atoms. The van der Waals surface area contributed by atoms with Gasteiger partial charge in [0, 0.05) is 13.2 Å². The molecular weight excluding hydrogens is 230 g/mol. The first-order valence-corrected chi connectivity index (χ1v) is 7.21. The van der Waals surface area contributed by atoms with E-state index in [1.165, 1.54) is 6.42 Å². The van der Waals surface area contributed by atoms with Crippen LogP contribution in [0.1, 0.15) is 33.6 Å². The molecule has 0 atom stereocenters. The normalized spacial score (nSPS) is 11.3. The standard InChI is InChI=1S/C14H31NO3/c1-4-6-15-7-9-17-11-13-18-12-10-16-8-5-14(2)3/h14-15H,4-13H2,1-3H3. The Kier molecular flexibility index (Phi) is 14.8. The van der Waals surface area contributed by atoms with Crippen molar-refractivity contribution in [2.24, 2.45) is 5.92 Å². The van der Waals surface area contributed by atoms with Gasteiger partial charge in [-0.25, -0.2) is 0 Å². The minimum atomic E-state index is 0.654. The zero-order valence-electron chi connectivity index (χ0n) is 12.4. The van der Waals surface area contributed by atoms with Crippen molar-refractivity contribution >= 4 is 0 Å². The van der Waals surface area contributed by atoms with Gasteiger partial charge in [0.05, 0.1) is 33.0 Å². The molecule has 0 saturated carbocycles. The first-order valence-electron chi connectivity index (χ1n) is 7.21. The zero-order chi connectivity index (χ0) is 13.5. The minimum absolute atomic E-state index is 0.654. The van der Waals surface area contributed by atoms with Gasteiger partial charge in [-0.1, -0.05) is 20.8 Å². The Balaban J connectivity index is 2.90. The van der Waals surface area contributed by atoms with Crippen molar-refractivity contribution in [1.29, 1.82) is 0 Å². The van der Waals surface area contributed by atoms with E-state index in [9.17, 15) is 0 Å². The molecule has 110 valence electrons. The average molecular weight is 261 g/mol. The van der Waals surface area contributed by atoms with Crippen molar-refractivity contribution in [2.45, 2.75) is 33.6 Å². The van der Waals surface area contributed by atoms with E-state index >= 15 is 0 Å². The highest BCUT2D eigenvalue weighted by Gasteiger charge is 1.94. The van der Waals surface area contributed by atoms with Crippen LogP contribution in [0.3, 0.4) is 0 Å². The van der Waals surface area contributed by atoms with Gasteiger partial charge in [-0.05, 0) is 25.3 Å². The number of hydrogen-bond acceptors (Lipinski definition) is 4. The molecule has 0 saturated heterocycles. The second kappa shape index (κ2) is 14.9. The number of hydrogen-bond donors (Lipinski definition) is 1. The number of rotatable bonds is 14. The smallest absolute Gasteiger partial charge is 0.0701 e. The largest absolute Gasteiger partial charge is 0.379 e. The average Bonchev–Trinajstić information content (AvgIpc) is 2.34. The van der Waals surface area contributed by atoms with Crippen LogP contribution in [0, 0.1) is 5.92 Å². The summed E-state index contributed by atoms with van der Waals surface area (Å²) in [5.74, 6) is 0.709. The predicted octanol–water partition coefficient (Wildman–Crippen LogP) is 2.08. The van der Waals surface area contributed by atoms with Gasteiger partial charge >= 0.3 is 0 Å². The Morgan fingerprint density at radius 2 is 1.33 bits per heavy atom. The highest BCUT2D eigenvalue weighted by Crippen LogP contribution is 1.98. The molecule has 0 aromatic carbocycles. The van der Waals surface area contributed by atoms with Crippen molar-refractivity contribution < 1.29 is 14.2 Å². The van der Waals surface area contributed by atoms with Gasteiger partial charge in [0.25, 0.3) is 0 Å². The third-order valence-electron chi connectivity index (χ3n) is 2.43. The summed E-state index contributed by atoms with van der Waals surface area (Å²) < 4.78 is 16.2. The molecule has 0 aliphatic heterocycles. The summed E-state index contributed by atoms with van der Waals surface area (Å²) in [6, 6.07) is 0. The minimum Gasteiger partial charge on any atom is -0.379 e. The molecule has 0 aromatic heterocycles. The summed E-state index contributed by atoms with van der Waals surface area (Å²) >= 11 is 0. The highest BCUT2D eigenvalue weighted by atomic mass is 16.5. The Morgan fingerprint density at radius 3 is 1.89 bits per heavy atom. The first kappa shape index (κ1) is 17.8. The maximum Gasteiger partial charge on any atom is 0.0701 e. The van der Waals surface area contributed by atoms with Crippen LogP contribution in [0.2, 0.25) is 0 Å². The van der Waals surface area contributed by atoms with Crippen LogP contribution in [0.15, 0.2) is 0 Å². The summed E-state index contributed by atoms with van der Waals surface area (Å²) in [5.41, 5.74) is 0. The summed E-state index contributed by atoms with van der Waals surface area (Å²) in [4.78, 5) is 0. The third kappa shape index (κ3) is 15.8. The van der Waals surface area contributed by atoms with E-state index in [0.29, 0.717) is 32.3 Å². The lowest BCUT2D eigenvalue weighted by molar-refractivity contribution is 0.0134. The second-order valence-electron chi connectivity index (χ2n) is 4.77. The monoisotopic (exact) mass is 261 g/mol. The lowest BCUT2D eigenvalue weighted by atomic mass is 10.1. The fourth-order valence-electron chi connectivity index (χ4n) is 1.31. The maximum absolute atomic E-state index is 5.44. The van der Waals surface area contributed by atoms with Crippen molar-refractivity contribution in [1.82, 2.24) is 5.32 Å². The van der Waals surface area contributed by atoms with Crippen LogP contribution >= 0.6 is 0 Å². The molecule has 0 aromatic rings. The van der Waals surface area contributed by atoms with Crippen LogP contribution in [0.4, 0.5) is 0 Å². The maximum atomic E-state index is 5.44. The second-order valence-corrected chi connectivity index (χ2v) is 4.77. The van der Waals surface area contributed by atoms with Gasteiger partial charge in [-0.3, -0.25) is 0 Å². The molecule has 0 amide bonds. The zero-order valence-corrected chi connectivity index (χ0v) is 12.4. The molecule has 0 fully saturated rings. The lowest BCUT2D eigenvalue weighted by Gasteiger charge is -2.08. The molecular formula is C14H31NO3. The molecule has 0 bridgehead atoms. The quantitative estimate of drug-likeness (QED) is 0.486. The van der Waals surface area contributed by atoms with Crippen molar-refractivity contribution in [3.05, 3.63) is 0 Å². The molecule has 4 heteroatoms. The SMILES string of the molecule is CCCNCCOCCOCCOCCC(C)C. The van der Waals surface area contributed by atoms with E-state index in [1.54, 1.807) is 0 Å². The van der Waals surface area contributed by atoms with E-state index in [-0.39, 0.29) is 0 Å². The molecule has 4 nitrogen and oxygen atoms in total. The number of nitrogens with one attached hydrogen (secondary N) is 1. The van der Waals surface area contributed by atoms with E-state index in [4.69, 9.17) is 14.2 Å². The van der Waals surface area contributed by atoms with Gasteiger partial charge in [-0.15, -0.1) is 0 Å². The summed E-state index contributed by atoms with van der Waals surface area (Å²) in [7, 11) is 0. The molecule has 1 N–H and O–H groups in total. The molecule has 0 radical (unpaired) electrons. The fourth-order valence-corrected chi connectivity index (χ4v) is 1.31. The van der Waals surface area contributed by atoms with E-state index < -0.39 is 0 Å². The van der Waals surface area contributed by atoms with Crippen LogP contribution in [-0.4, -0.2) is 52.7 Å². The Hall–Kier alpha value is -0.160. The Morgan fingerprint density at radius 1 is 0.778 bits per heavy atom. The molecule has 0 heterocycles. The van der Waals surface area contributed by atoms with Gasteiger partial charge in [0.1, 0.15) is 0 Å². The topological polar surface area (TPSA) is 39.7 Å². The first-order chi connectivity index (χ1) is 8.77. The summed E-state index contributed by atoms with van der Waals surface area (Å²) in [5, 5.41) is 3.28. The van der Waals surface area contributed by atoms with Crippen molar-refractivity contribution in [3.63, 3.8) is 0 Å². The van der Waals surface area contributed by atoms with E-state index in [2.05, 4.69) is 26.1 Å². The molecule has 0 aliphatic carbocycles. The van der Waals surface area contributed by atoms with Crippen LogP contribution in [0.5, 0.6) is 0 Å². The molecule has 0 spiro atoms.